The first-order valence-electron chi connectivity index (χ1n) is 6.76. The molecule has 4 heteroatoms. The van der Waals surface area contributed by atoms with E-state index in [1.165, 1.54) is 0 Å². The number of hydrogen-bond acceptors (Lipinski definition) is 3. The number of hydrogen-bond donors (Lipinski definition) is 1. The lowest BCUT2D eigenvalue weighted by Crippen LogP contribution is -2.12. The van der Waals surface area contributed by atoms with Crippen molar-refractivity contribution in [3.05, 3.63) is 66.4 Å². The molecule has 0 atom stereocenters. The highest BCUT2D eigenvalue weighted by Crippen LogP contribution is 2.15. The van der Waals surface area contributed by atoms with Gasteiger partial charge < -0.3 is 14.5 Å². The van der Waals surface area contributed by atoms with Crippen LogP contribution in [0.3, 0.4) is 0 Å². The van der Waals surface area contributed by atoms with Gasteiger partial charge in [0.15, 0.2) is 0 Å². The molecule has 3 aromatic rings. The van der Waals surface area contributed by atoms with Crippen molar-refractivity contribution < 1.29 is 14.3 Å². The van der Waals surface area contributed by atoms with Gasteiger partial charge in [0.05, 0.1) is 0 Å². The zero-order valence-electron chi connectivity index (χ0n) is 11.4. The summed E-state index contributed by atoms with van der Waals surface area (Å²) in [6.07, 6.45) is 0. The minimum Gasteiger partial charge on any atom is -0.490 e. The number of benzene rings is 2. The van der Waals surface area contributed by atoms with Gasteiger partial charge in [0.25, 0.3) is 0 Å². The first-order valence-corrected chi connectivity index (χ1v) is 6.76. The fourth-order valence-corrected chi connectivity index (χ4v) is 2.07. The number of para-hydroxylation sites is 2. The lowest BCUT2D eigenvalue weighted by atomic mass is 10.2. The van der Waals surface area contributed by atoms with Crippen LogP contribution in [-0.2, 0) is 4.74 Å². The lowest BCUT2D eigenvalue weighted by molar-refractivity contribution is 0.0445. The van der Waals surface area contributed by atoms with Gasteiger partial charge in [0.2, 0.25) is 0 Å². The van der Waals surface area contributed by atoms with Gasteiger partial charge in [-0.05, 0) is 24.3 Å². The minimum atomic E-state index is -0.372. The molecule has 0 aliphatic rings. The highest BCUT2D eigenvalue weighted by Gasteiger charge is 2.10. The summed E-state index contributed by atoms with van der Waals surface area (Å²) in [5.41, 5.74) is 1.38. The van der Waals surface area contributed by atoms with Crippen molar-refractivity contribution in [3.8, 4) is 5.75 Å². The summed E-state index contributed by atoms with van der Waals surface area (Å²) in [6, 6.07) is 18.9. The maximum atomic E-state index is 11.9. The van der Waals surface area contributed by atoms with Gasteiger partial charge >= 0.3 is 5.97 Å². The third-order valence-electron chi connectivity index (χ3n) is 3.08. The fraction of sp³-hybridized carbons (Fsp3) is 0.118. The molecule has 0 amide bonds. The molecular formula is C17H15NO3. The van der Waals surface area contributed by atoms with Crippen LogP contribution < -0.4 is 4.74 Å². The van der Waals surface area contributed by atoms with Crippen molar-refractivity contribution in [3.63, 3.8) is 0 Å². The summed E-state index contributed by atoms with van der Waals surface area (Å²) in [5.74, 6) is 0.391. The Morgan fingerprint density at radius 2 is 1.71 bits per heavy atom. The quantitative estimate of drug-likeness (QED) is 0.576. The summed E-state index contributed by atoms with van der Waals surface area (Å²) in [6.45, 7) is 0.541. The molecule has 0 unspecified atom stereocenters. The Bertz CT molecular complexity index is 701. The summed E-state index contributed by atoms with van der Waals surface area (Å²) < 4.78 is 10.6. The molecule has 2 aromatic carbocycles. The smallest absolute Gasteiger partial charge is 0.354 e. The molecule has 1 heterocycles. The highest BCUT2D eigenvalue weighted by atomic mass is 16.6. The van der Waals surface area contributed by atoms with E-state index in [2.05, 4.69) is 4.98 Å². The molecule has 4 nitrogen and oxygen atoms in total. The Labute approximate surface area is 122 Å². The second-order valence-corrected chi connectivity index (χ2v) is 4.57. The average Bonchev–Trinajstić information content (AvgIpc) is 2.96. The average molecular weight is 281 g/mol. The number of rotatable bonds is 5. The van der Waals surface area contributed by atoms with E-state index >= 15 is 0 Å². The molecular weight excluding hydrogens is 266 g/mol. The SMILES string of the molecule is O=C(OCCOc1ccccc1)c1cc2ccccc2[nH]1. The molecule has 1 N–H and O–H groups in total. The van der Waals surface area contributed by atoms with Crippen molar-refractivity contribution in [2.75, 3.05) is 13.2 Å². The molecule has 0 fully saturated rings. The van der Waals surface area contributed by atoms with E-state index in [0.29, 0.717) is 12.3 Å². The number of ether oxygens (including phenoxy) is 2. The van der Waals surface area contributed by atoms with Crippen LogP contribution in [0.4, 0.5) is 0 Å². The van der Waals surface area contributed by atoms with E-state index in [1.807, 2.05) is 54.6 Å². The molecule has 21 heavy (non-hydrogen) atoms. The molecule has 0 saturated carbocycles. The number of fused-ring (bicyclic) bond motifs is 1. The summed E-state index contributed by atoms with van der Waals surface area (Å²) in [7, 11) is 0. The predicted molar refractivity (Wildman–Crippen MR) is 80.5 cm³/mol. The van der Waals surface area contributed by atoms with Gasteiger partial charge in [0, 0.05) is 10.9 Å². The zero-order chi connectivity index (χ0) is 14.5. The number of nitrogens with one attached hydrogen (secondary N) is 1. The summed E-state index contributed by atoms with van der Waals surface area (Å²) in [4.78, 5) is 15.0. The Hall–Kier alpha value is -2.75. The first kappa shape index (κ1) is 13.2. The molecule has 0 bridgehead atoms. The van der Waals surface area contributed by atoms with Gasteiger partial charge in [-0.2, -0.15) is 0 Å². The van der Waals surface area contributed by atoms with E-state index in [1.54, 1.807) is 6.07 Å². The largest absolute Gasteiger partial charge is 0.490 e. The van der Waals surface area contributed by atoms with Crippen molar-refractivity contribution in [1.82, 2.24) is 4.98 Å². The number of esters is 1. The summed E-state index contributed by atoms with van der Waals surface area (Å²) >= 11 is 0. The van der Waals surface area contributed by atoms with Crippen LogP contribution >= 0.6 is 0 Å². The Balaban J connectivity index is 1.52. The van der Waals surface area contributed by atoms with Crippen LogP contribution in [0.15, 0.2) is 60.7 Å². The summed E-state index contributed by atoms with van der Waals surface area (Å²) in [5, 5.41) is 0.991. The van der Waals surface area contributed by atoms with E-state index < -0.39 is 0 Å². The van der Waals surface area contributed by atoms with Crippen LogP contribution in [0.1, 0.15) is 10.5 Å². The van der Waals surface area contributed by atoms with Crippen LogP contribution in [0, 0.1) is 0 Å². The highest BCUT2D eigenvalue weighted by molar-refractivity contribution is 5.94. The molecule has 0 saturated heterocycles. The number of aromatic amines is 1. The molecule has 0 aliphatic carbocycles. The van der Waals surface area contributed by atoms with Crippen molar-refractivity contribution >= 4 is 16.9 Å². The van der Waals surface area contributed by atoms with Crippen LogP contribution in [0.25, 0.3) is 10.9 Å². The van der Waals surface area contributed by atoms with E-state index in [9.17, 15) is 4.79 Å². The monoisotopic (exact) mass is 281 g/mol. The number of carbonyl (C=O) groups is 1. The predicted octanol–water partition coefficient (Wildman–Crippen LogP) is 3.40. The topological polar surface area (TPSA) is 51.3 Å². The number of H-pyrrole nitrogens is 1. The Kier molecular flexibility index (Phi) is 3.87. The lowest BCUT2D eigenvalue weighted by Gasteiger charge is -2.06. The molecule has 0 spiro atoms. The molecule has 3 rings (SSSR count). The van der Waals surface area contributed by atoms with Gasteiger partial charge in [-0.15, -0.1) is 0 Å². The third-order valence-corrected chi connectivity index (χ3v) is 3.08. The first-order chi connectivity index (χ1) is 10.3. The maximum absolute atomic E-state index is 11.9. The Morgan fingerprint density at radius 1 is 0.952 bits per heavy atom. The second-order valence-electron chi connectivity index (χ2n) is 4.57. The fourth-order valence-electron chi connectivity index (χ4n) is 2.07. The van der Waals surface area contributed by atoms with Gasteiger partial charge in [-0.25, -0.2) is 4.79 Å². The third kappa shape index (κ3) is 3.23. The second kappa shape index (κ2) is 6.13. The van der Waals surface area contributed by atoms with Crippen LogP contribution in [0.5, 0.6) is 5.75 Å². The molecule has 0 aliphatic heterocycles. The maximum Gasteiger partial charge on any atom is 0.354 e. The minimum absolute atomic E-state index is 0.211. The normalized spacial score (nSPS) is 10.5. The van der Waals surface area contributed by atoms with Crippen LogP contribution in [-0.4, -0.2) is 24.2 Å². The Morgan fingerprint density at radius 3 is 2.52 bits per heavy atom. The zero-order valence-corrected chi connectivity index (χ0v) is 11.4. The molecule has 0 radical (unpaired) electrons. The number of carbonyl (C=O) groups excluding carboxylic acids is 1. The van der Waals surface area contributed by atoms with Crippen molar-refractivity contribution in [2.45, 2.75) is 0 Å². The van der Waals surface area contributed by atoms with E-state index in [-0.39, 0.29) is 12.6 Å². The van der Waals surface area contributed by atoms with Gasteiger partial charge in [-0.3, -0.25) is 0 Å². The standard InChI is InChI=1S/C17H15NO3/c19-17(16-12-13-6-4-5-9-15(13)18-16)21-11-10-20-14-7-2-1-3-8-14/h1-9,12,18H,10-11H2. The molecule has 1 aromatic heterocycles. The van der Waals surface area contributed by atoms with E-state index in [0.717, 1.165) is 16.7 Å². The van der Waals surface area contributed by atoms with E-state index in [4.69, 9.17) is 9.47 Å². The van der Waals surface area contributed by atoms with Crippen molar-refractivity contribution in [2.24, 2.45) is 0 Å². The number of aromatic nitrogens is 1. The van der Waals surface area contributed by atoms with Gasteiger partial charge in [0.1, 0.15) is 24.7 Å². The van der Waals surface area contributed by atoms with Gasteiger partial charge in [-0.1, -0.05) is 36.4 Å². The van der Waals surface area contributed by atoms with Crippen LogP contribution in [0.2, 0.25) is 0 Å². The van der Waals surface area contributed by atoms with Crippen molar-refractivity contribution in [1.29, 1.82) is 0 Å². The molecule has 106 valence electrons.